The van der Waals surface area contributed by atoms with Crippen LogP contribution in [0.4, 0.5) is 0 Å². The number of benzene rings is 1. The standard InChI is InChI=1S/C15H20N2O2S/c1-12-10-17(14-7-8-20(18,19)11-14)15(9-16-12)13-5-3-2-4-6-13/h2-8,12,14-16H,9-11H2,1H3. The van der Waals surface area contributed by atoms with Crippen molar-refractivity contribution < 1.29 is 8.42 Å². The molecule has 2 heterocycles. The van der Waals surface area contributed by atoms with E-state index in [0.29, 0.717) is 6.04 Å². The second kappa shape index (κ2) is 5.31. The van der Waals surface area contributed by atoms with Crippen molar-refractivity contribution in [2.24, 2.45) is 0 Å². The number of rotatable bonds is 2. The lowest BCUT2D eigenvalue weighted by Gasteiger charge is -2.42. The molecule has 0 amide bonds. The Morgan fingerprint density at radius 1 is 1.25 bits per heavy atom. The Morgan fingerprint density at radius 3 is 2.65 bits per heavy atom. The summed E-state index contributed by atoms with van der Waals surface area (Å²) in [6.45, 7) is 3.86. The number of hydrogen-bond donors (Lipinski definition) is 1. The minimum Gasteiger partial charge on any atom is -0.311 e. The first kappa shape index (κ1) is 13.8. The van der Waals surface area contributed by atoms with Gasteiger partial charge in [0.1, 0.15) is 0 Å². The summed E-state index contributed by atoms with van der Waals surface area (Å²) in [7, 11) is -3.01. The molecule has 2 aliphatic rings. The van der Waals surface area contributed by atoms with Crippen molar-refractivity contribution in [2.45, 2.75) is 25.0 Å². The highest BCUT2D eigenvalue weighted by Gasteiger charge is 2.35. The first-order valence-corrected chi connectivity index (χ1v) is 8.72. The number of sulfone groups is 1. The molecule has 0 bridgehead atoms. The van der Waals surface area contributed by atoms with E-state index in [9.17, 15) is 8.42 Å². The summed E-state index contributed by atoms with van der Waals surface area (Å²) in [5.74, 6) is 0.211. The van der Waals surface area contributed by atoms with Gasteiger partial charge in [-0.2, -0.15) is 0 Å². The van der Waals surface area contributed by atoms with E-state index in [1.165, 1.54) is 11.0 Å². The molecule has 3 atom stereocenters. The van der Waals surface area contributed by atoms with Crippen LogP contribution in [0.5, 0.6) is 0 Å². The minimum atomic E-state index is -3.01. The maximum Gasteiger partial charge on any atom is 0.173 e. The molecular formula is C15H20N2O2S. The Hall–Kier alpha value is -1.17. The third-order valence-electron chi connectivity index (χ3n) is 4.07. The first-order valence-electron chi connectivity index (χ1n) is 7.00. The van der Waals surface area contributed by atoms with Crippen LogP contribution < -0.4 is 5.32 Å². The van der Waals surface area contributed by atoms with Gasteiger partial charge in [-0.25, -0.2) is 8.42 Å². The van der Waals surface area contributed by atoms with Gasteiger partial charge < -0.3 is 5.32 Å². The predicted molar refractivity (Wildman–Crippen MR) is 80.1 cm³/mol. The summed E-state index contributed by atoms with van der Waals surface area (Å²) in [5, 5.41) is 4.86. The summed E-state index contributed by atoms with van der Waals surface area (Å²) in [4.78, 5) is 2.32. The van der Waals surface area contributed by atoms with Crippen LogP contribution in [0.2, 0.25) is 0 Å². The lowest BCUT2D eigenvalue weighted by molar-refractivity contribution is 0.115. The van der Waals surface area contributed by atoms with E-state index < -0.39 is 9.84 Å². The average Bonchev–Trinajstić information content (AvgIpc) is 2.80. The van der Waals surface area contributed by atoms with Gasteiger partial charge in [0, 0.05) is 36.6 Å². The molecule has 1 aromatic rings. The highest BCUT2D eigenvalue weighted by Crippen LogP contribution is 2.28. The fourth-order valence-corrected chi connectivity index (χ4v) is 4.37. The molecule has 0 saturated carbocycles. The maximum atomic E-state index is 11.7. The highest BCUT2D eigenvalue weighted by atomic mass is 32.2. The first-order chi connectivity index (χ1) is 9.55. The number of nitrogens with zero attached hydrogens (tertiary/aromatic N) is 1. The maximum absolute atomic E-state index is 11.7. The molecule has 0 aliphatic carbocycles. The Balaban J connectivity index is 1.87. The third kappa shape index (κ3) is 2.80. The molecule has 108 valence electrons. The quantitative estimate of drug-likeness (QED) is 0.893. The van der Waals surface area contributed by atoms with Crippen LogP contribution in [0.3, 0.4) is 0 Å². The molecule has 1 aromatic carbocycles. The van der Waals surface area contributed by atoms with Crippen molar-refractivity contribution in [3.63, 3.8) is 0 Å². The number of nitrogens with one attached hydrogen (secondary N) is 1. The summed E-state index contributed by atoms with van der Waals surface area (Å²) < 4.78 is 23.4. The second-order valence-electron chi connectivity index (χ2n) is 5.66. The summed E-state index contributed by atoms with van der Waals surface area (Å²) in [6, 6.07) is 10.9. The van der Waals surface area contributed by atoms with E-state index >= 15 is 0 Å². The van der Waals surface area contributed by atoms with Crippen molar-refractivity contribution in [2.75, 3.05) is 18.8 Å². The Labute approximate surface area is 120 Å². The second-order valence-corrected chi connectivity index (χ2v) is 7.59. The van der Waals surface area contributed by atoms with Crippen LogP contribution in [0.15, 0.2) is 41.8 Å². The molecule has 0 aromatic heterocycles. The van der Waals surface area contributed by atoms with Gasteiger partial charge in [-0.15, -0.1) is 0 Å². The molecule has 1 N–H and O–H groups in total. The van der Waals surface area contributed by atoms with Gasteiger partial charge in [0.2, 0.25) is 0 Å². The van der Waals surface area contributed by atoms with Gasteiger partial charge in [-0.1, -0.05) is 36.4 Å². The molecule has 1 saturated heterocycles. The highest BCUT2D eigenvalue weighted by molar-refractivity contribution is 7.94. The van der Waals surface area contributed by atoms with E-state index in [4.69, 9.17) is 0 Å². The molecule has 2 aliphatic heterocycles. The molecule has 0 spiro atoms. The molecule has 4 nitrogen and oxygen atoms in total. The fraction of sp³-hybridized carbons (Fsp3) is 0.467. The fourth-order valence-electron chi connectivity index (χ4n) is 3.05. The topological polar surface area (TPSA) is 49.4 Å². The zero-order valence-electron chi connectivity index (χ0n) is 11.6. The van der Waals surface area contributed by atoms with Crippen molar-refractivity contribution in [1.29, 1.82) is 0 Å². The number of piperazine rings is 1. The van der Waals surface area contributed by atoms with E-state index in [0.717, 1.165) is 13.1 Å². The zero-order valence-corrected chi connectivity index (χ0v) is 12.4. The van der Waals surface area contributed by atoms with Gasteiger partial charge in [0.05, 0.1) is 5.75 Å². The van der Waals surface area contributed by atoms with Gasteiger partial charge in [0.15, 0.2) is 9.84 Å². The van der Waals surface area contributed by atoms with E-state index in [1.807, 2.05) is 24.3 Å². The van der Waals surface area contributed by atoms with Gasteiger partial charge in [-0.3, -0.25) is 4.90 Å². The largest absolute Gasteiger partial charge is 0.311 e. The summed E-state index contributed by atoms with van der Waals surface area (Å²) in [6.07, 6.45) is 1.84. The summed E-state index contributed by atoms with van der Waals surface area (Å²) >= 11 is 0. The van der Waals surface area contributed by atoms with Crippen LogP contribution in [0, 0.1) is 0 Å². The average molecular weight is 292 g/mol. The SMILES string of the molecule is CC1CN(C2C=CS(=O)(=O)C2)C(c2ccccc2)CN1. The molecule has 3 unspecified atom stereocenters. The Morgan fingerprint density at radius 2 is 2.00 bits per heavy atom. The van der Waals surface area contributed by atoms with Crippen molar-refractivity contribution in [1.82, 2.24) is 10.2 Å². The van der Waals surface area contributed by atoms with Crippen LogP contribution in [-0.4, -0.2) is 44.2 Å². The molecule has 3 rings (SSSR count). The smallest absolute Gasteiger partial charge is 0.173 e. The van der Waals surface area contributed by atoms with E-state index in [-0.39, 0.29) is 17.8 Å². The Bertz CT molecular complexity index is 598. The third-order valence-corrected chi connectivity index (χ3v) is 5.44. The van der Waals surface area contributed by atoms with Crippen molar-refractivity contribution in [3.8, 4) is 0 Å². The lowest BCUT2D eigenvalue weighted by atomic mass is 9.99. The van der Waals surface area contributed by atoms with Crippen LogP contribution in [0.25, 0.3) is 0 Å². The summed E-state index contributed by atoms with van der Waals surface area (Å²) in [5.41, 5.74) is 1.24. The van der Waals surface area contributed by atoms with E-state index in [1.54, 1.807) is 0 Å². The zero-order chi connectivity index (χ0) is 14.2. The van der Waals surface area contributed by atoms with Gasteiger partial charge in [-0.05, 0) is 12.5 Å². The molecule has 20 heavy (non-hydrogen) atoms. The molecular weight excluding hydrogens is 272 g/mol. The predicted octanol–water partition coefficient (Wildman–Crippen LogP) is 1.33. The van der Waals surface area contributed by atoms with Crippen molar-refractivity contribution in [3.05, 3.63) is 47.4 Å². The molecule has 1 fully saturated rings. The molecule has 5 heteroatoms. The minimum absolute atomic E-state index is 0.00486. The van der Waals surface area contributed by atoms with Gasteiger partial charge in [0.25, 0.3) is 0 Å². The lowest BCUT2D eigenvalue weighted by Crippen LogP contribution is -2.54. The van der Waals surface area contributed by atoms with Crippen LogP contribution in [-0.2, 0) is 9.84 Å². The van der Waals surface area contributed by atoms with Crippen LogP contribution in [0.1, 0.15) is 18.5 Å². The van der Waals surface area contributed by atoms with Crippen molar-refractivity contribution >= 4 is 9.84 Å². The molecule has 0 radical (unpaired) electrons. The van der Waals surface area contributed by atoms with Gasteiger partial charge >= 0.3 is 0 Å². The van der Waals surface area contributed by atoms with E-state index in [2.05, 4.69) is 29.3 Å². The number of hydrogen-bond acceptors (Lipinski definition) is 4. The normalized spacial score (nSPS) is 33.4. The monoisotopic (exact) mass is 292 g/mol. The van der Waals surface area contributed by atoms with Crippen LogP contribution >= 0.6 is 0 Å². The Kier molecular flexibility index (Phi) is 3.67.